The SMILES string of the molecule is CC1(C)OB(c2cc(Br)cc(C3CCC3)n2)OC1(C)C. The van der Waals surface area contributed by atoms with E-state index in [1.807, 2.05) is 6.07 Å². The van der Waals surface area contributed by atoms with Crippen molar-refractivity contribution in [1.82, 2.24) is 4.98 Å². The Labute approximate surface area is 129 Å². The first-order valence-corrected chi connectivity index (χ1v) is 8.11. The van der Waals surface area contributed by atoms with Gasteiger partial charge >= 0.3 is 7.12 Å². The number of rotatable bonds is 2. The molecule has 1 aliphatic heterocycles. The first kappa shape index (κ1) is 14.5. The second-order valence-electron chi connectivity index (χ2n) is 6.85. The lowest BCUT2D eigenvalue weighted by atomic mass is 9.80. The van der Waals surface area contributed by atoms with Gasteiger partial charge in [-0.25, -0.2) is 0 Å². The molecule has 0 bridgehead atoms. The minimum absolute atomic E-state index is 0.321. The zero-order valence-corrected chi connectivity index (χ0v) is 14.2. The van der Waals surface area contributed by atoms with Crippen molar-refractivity contribution in [3.05, 3.63) is 22.3 Å². The minimum Gasteiger partial charge on any atom is -0.398 e. The predicted molar refractivity (Wildman–Crippen MR) is 84.2 cm³/mol. The Kier molecular flexibility index (Phi) is 3.51. The monoisotopic (exact) mass is 337 g/mol. The van der Waals surface area contributed by atoms with Crippen molar-refractivity contribution >= 4 is 28.6 Å². The summed E-state index contributed by atoms with van der Waals surface area (Å²) < 4.78 is 13.2. The van der Waals surface area contributed by atoms with Gasteiger partial charge in [0, 0.05) is 16.1 Å². The van der Waals surface area contributed by atoms with Gasteiger partial charge in [-0.15, -0.1) is 0 Å². The topological polar surface area (TPSA) is 31.4 Å². The number of pyridine rings is 1. The summed E-state index contributed by atoms with van der Waals surface area (Å²) in [4.78, 5) is 4.79. The number of hydrogen-bond acceptors (Lipinski definition) is 3. The van der Waals surface area contributed by atoms with Crippen molar-refractivity contribution < 1.29 is 9.31 Å². The molecule has 2 fully saturated rings. The second kappa shape index (κ2) is 4.82. The van der Waals surface area contributed by atoms with Crippen LogP contribution in [0.1, 0.15) is 58.6 Å². The lowest BCUT2D eigenvalue weighted by Crippen LogP contribution is -2.41. The summed E-state index contributed by atoms with van der Waals surface area (Å²) >= 11 is 3.59. The maximum atomic E-state index is 6.09. The Balaban J connectivity index is 1.89. The lowest BCUT2D eigenvalue weighted by molar-refractivity contribution is 0.00578. The van der Waals surface area contributed by atoms with Gasteiger partial charge in [-0.3, -0.25) is 4.98 Å². The fourth-order valence-electron chi connectivity index (χ4n) is 2.54. The van der Waals surface area contributed by atoms with Crippen LogP contribution in [0.4, 0.5) is 0 Å². The first-order valence-electron chi connectivity index (χ1n) is 7.31. The third-order valence-corrected chi connectivity index (χ3v) is 5.31. The summed E-state index contributed by atoms with van der Waals surface area (Å²) in [6, 6.07) is 4.13. The van der Waals surface area contributed by atoms with E-state index in [4.69, 9.17) is 14.3 Å². The van der Waals surface area contributed by atoms with Crippen LogP contribution in [0.5, 0.6) is 0 Å². The number of aromatic nitrogens is 1. The van der Waals surface area contributed by atoms with E-state index in [0.717, 1.165) is 15.8 Å². The molecule has 0 spiro atoms. The zero-order chi connectivity index (χ0) is 14.5. The van der Waals surface area contributed by atoms with E-state index in [9.17, 15) is 0 Å². The molecule has 2 heterocycles. The number of halogens is 1. The Morgan fingerprint density at radius 3 is 2.25 bits per heavy atom. The Bertz CT molecular complexity index is 513. The summed E-state index contributed by atoms with van der Waals surface area (Å²) in [5, 5.41) is 0. The molecule has 0 aromatic carbocycles. The van der Waals surface area contributed by atoms with Crippen LogP contribution in [0, 0.1) is 0 Å². The van der Waals surface area contributed by atoms with Gasteiger partial charge in [0.1, 0.15) is 0 Å². The van der Waals surface area contributed by atoms with Gasteiger partial charge < -0.3 is 9.31 Å². The van der Waals surface area contributed by atoms with E-state index >= 15 is 0 Å². The molecule has 1 saturated carbocycles. The minimum atomic E-state index is -0.378. The van der Waals surface area contributed by atoms with E-state index in [0.29, 0.717) is 5.92 Å². The number of hydrogen-bond donors (Lipinski definition) is 0. The van der Waals surface area contributed by atoms with Crippen LogP contribution in [-0.4, -0.2) is 23.3 Å². The second-order valence-corrected chi connectivity index (χ2v) is 7.77. The predicted octanol–water partition coefficient (Wildman–Crippen LogP) is 3.41. The molecule has 3 rings (SSSR count). The molecule has 0 unspecified atom stereocenters. The fraction of sp³-hybridized carbons (Fsp3) is 0.667. The molecule has 0 radical (unpaired) electrons. The van der Waals surface area contributed by atoms with E-state index in [1.165, 1.54) is 19.3 Å². The average Bonchev–Trinajstić information content (AvgIpc) is 2.45. The molecule has 1 aliphatic carbocycles. The van der Waals surface area contributed by atoms with Crippen LogP contribution in [-0.2, 0) is 9.31 Å². The van der Waals surface area contributed by atoms with Gasteiger partial charge in [-0.2, -0.15) is 0 Å². The third kappa shape index (κ3) is 2.44. The van der Waals surface area contributed by atoms with Crippen LogP contribution >= 0.6 is 15.9 Å². The van der Waals surface area contributed by atoms with Crippen LogP contribution < -0.4 is 5.59 Å². The lowest BCUT2D eigenvalue weighted by Gasteiger charge is -2.32. The van der Waals surface area contributed by atoms with Crippen LogP contribution in [0.3, 0.4) is 0 Å². The van der Waals surface area contributed by atoms with Crippen molar-refractivity contribution in [2.75, 3.05) is 0 Å². The normalized spacial score (nSPS) is 24.8. The summed E-state index contributed by atoms with van der Waals surface area (Å²) in [7, 11) is -0.378. The Morgan fingerprint density at radius 1 is 1.15 bits per heavy atom. The highest BCUT2D eigenvalue weighted by molar-refractivity contribution is 9.10. The van der Waals surface area contributed by atoms with Crippen LogP contribution in [0.2, 0.25) is 0 Å². The highest BCUT2D eigenvalue weighted by Gasteiger charge is 2.52. The highest BCUT2D eigenvalue weighted by Crippen LogP contribution is 2.38. The van der Waals surface area contributed by atoms with Gasteiger partial charge in [0.25, 0.3) is 0 Å². The van der Waals surface area contributed by atoms with Crippen LogP contribution in [0.15, 0.2) is 16.6 Å². The quantitative estimate of drug-likeness (QED) is 0.775. The van der Waals surface area contributed by atoms with Gasteiger partial charge in [0.15, 0.2) is 0 Å². The summed E-state index contributed by atoms with van der Waals surface area (Å²) in [6.07, 6.45) is 3.79. The van der Waals surface area contributed by atoms with E-state index < -0.39 is 0 Å². The van der Waals surface area contributed by atoms with Gasteiger partial charge in [0.2, 0.25) is 0 Å². The molecule has 108 valence electrons. The van der Waals surface area contributed by atoms with Crippen molar-refractivity contribution in [3.63, 3.8) is 0 Å². The van der Waals surface area contributed by atoms with Crippen LogP contribution in [0.25, 0.3) is 0 Å². The molecule has 0 amide bonds. The van der Waals surface area contributed by atoms with Crippen molar-refractivity contribution in [3.8, 4) is 0 Å². The molecule has 20 heavy (non-hydrogen) atoms. The van der Waals surface area contributed by atoms with E-state index in [-0.39, 0.29) is 18.3 Å². The van der Waals surface area contributed by atoms with Gasteiger partial charge in [0.05, 0.1) is 16.8 Å². The fourth-order valence-corrected chi connectivity index (χ4v) is 3.00. The molecule has 0 atom stereocenters. The third-order valence-electron chi connectivity index (χ3n) is 4.85. The van der Waals surface area contributed by atoms with Crippen molar-refractivity contribution in [1.29, 1.82) is 0 Å². The summed E-state index contributed by atoms with van der Waals surface area (Å²) in [6.45, 7) is 8.27. The Morgan fingerprint density at radius 2 is 1.75 bits per heavy atom. The molecule has 5 heteroatoms. The molecule has 3 nitrogen and oxygen atoms in total. The molecule has 2 aliphatic rings. The van der Waals surface area contributed by atoms with Gasteiger partial charge in [-0.1, -0.05) is 22.4 Å². The molecule has 1 aromatic heterocycles. The molecule has 0 N–H and O–H groups in total. The maximum absolute atomic E-state index is 6.09. The van der Waals surface area contributed by atoms with E-state index in [1.54, 1.807) is 0 Å². The summed E-state index contributed by atoms with van der Waals surface area (Å²) in [5.74, 6) is 0.605. The van der Waals surface area contributed by atoms with Crippen molar-refractivity contribution in [2.24, 2.45) is 0 Å². The van der Waals surface area contributed by atoms with Crippen molar-refractivity contribution in [2.45, 2.75) is 64.1 Å². The Hall–Kier alpha value is -0.385. The zero-order valence-electron chi connectivity index (χ0n) is 12.6. The molecular formula is C15H21BBrNO2. The molecule has 1 saturated heterocycles. The van der Waals surface area contributed by atoms with Gasteiger partial charge in [-0.05, 0) is 52.7 Å². The number of nitrogens with zero attached hydrogens (tertiary/aromatic N) is 1. The largest absolute Gasteiger partial charge is 0.514 e. The smallest absolute Gasteiger partial charge is 0.398 e. The highest BCUT2D eigenvalue weighted by atomic mass is 79.9. The maximum Gasteiger partial charge on any atom is 0.514 e. The standard InChI is InChI=1S/C15H21BBrNO2/c1-14(2)15(3,4)20-16(19-14)13-9-11(17)8-12(18-13)10-6-5-7-10/h8-10H,5-7H2,1-4H3. The summed E-state index contributed by atoms with van der Waals surface area (Å²) in [5.41, 5.74) is 1.40. The van der Waals surface area contributed by atoms with E-state index in [2.05, 4.69) is 49.7 Å². The average molecular weight is 338 g/mol. The molecular weight excluding hydrogens is 317 g/mol. The first-order chi connectivity index (χ1) is 9.28. The molecule has 1 aromatic rings.